The van der Waals surface area contributed by atoms with Crippen LogP contribution in [0.15, 0.2) is 125 Å². The lowest BCUT2D eigenvalue weighted by molar-refractivity contribution is 0.307. The van der Waals surface area contributed by atoms with Crippen LogP contribution >= 0.6 is 0 Å². The van der Waals surface area contributed by atoms with Crippen molar-refractivity contribution >= 4 is 16.0 Å². The first-order valence-corrected chi connectivity index (χ1v) is 14.3. The first-order chi connectivity index (χ1) is 18.5. The molecule has 0 fully saturated rings. The SMILES string of the molecule is NC1=NC[C@H](Cc2ccccc2)N1C[C@H](Cc1ccccc1)NS(=O)(=O)c1ccc(-c2ccccc2)cc1. The summed E-state index contributed by atoms with van der Waals surface area (Å²) in [5.41, 5.74) is 10.6. The van der Waals surface area contributed by atoms with Crippen LogP contribution in [0.3, 0.4) is 0 Å². The molecule has 5 rings (SSSR count). The number of guanidine groups is 1. The highest BCUT2D eigenvalue weighted by molar-refractivity contribution is 7.89. The molecule has 0 amide bonds. The van der Waals surface area contributed by atoms with E-state index in [0.717, 1.165) is 23.1 Å². The quantitative estimate of drug-likeness (QED) is 0.320. The van der Waals surface area contributed by atoms with Crippen molar-refractivity contribution in [1.82, 2.24) is 9.62 Å². The Labute approximate surface area is 224 Å². The number of nitrogens with two attached hydrogens (primary N) is 1. The van der Waals surface area contributed by atoms with E-state index in [-0.39, 0.29) is 10.9 Å². The molecule has 0 spiro atoms. The minimum Gasteiger partial charge on any atom is -0.370 e. The second kappa shape index (κ2) is 11.6. The van der Waals surface area contributed by atoms with Crippen LogP contribution in [0.25, 0.3) is 11.1 Å². The van der Waals surface area contributed by atoms with Crippen LogP contribution in [0.5, 0.6) is 0 Å². The molecule has 2 atom stereocenters. The lowest BCUT2D eigenvalue weighted by Gasteiger charge is -2.31. The predicted octanol–water partition coefficient (Wildman–Crippen LogP) is 4.48. The number of nitrogens with zero attached hydrogens (tertiary/aromatic N) is 2. The van der Waals surface area contributed by atoms with Gasteiger partial charge in [0.25, 0.3) is 0 Å². The zero-order valence-electron chi connectivity index (χ0n) is 21.1. The molecule has 0 radical (unpaired) electrons. The number of hydrogen-bond acceptors (Lipinski definition) is 5. The molecule has 0 bridgehead atoms. The maximum absolute atomic E-state index is 13.5. The van der Waals surface area contributed by atoms with Crippen LogP contribution < -0.4 is 10.5 Å². The molecule has 3 N–H and O–H groups in total. The highest BCUT2D eigenvalue weighted by Crippen LogP contribution is 2.22. The molecule has 0 saturated carbocycles. The molecule has 0 aromatic heterocycles. The Hall–Kier alpha value is -3.94. The molecule has 0 unspecified atom stereocenters. The summed E-state index contributed by atoms with van der Waals surface area (Å²) >= 11 is 0. The van der Waals surface area contributed by atoms with Crippen molar-refractivity contribution in [3.63, 3.8) is 0 Å². The van der Waals surface area contributed by atoms with Gasteiger partial charge in [-0.3, -0.25) is 4.99 Å². The van der Waals surface area contributed by atoms with E-state index < -0.39 is 16.1 Å². The van der Waals surface area contributed by atoms with E-state index in [1.807, 2.05) is 95.9 Å². The minimum absolute atomic E-state index is 0.0744. The Morgan fingerprint density at radius 3 is 1.97 bits per heavy atom. The van der Waals surface area contributed by atoms with Gasteiger partial charge in [-0.2, -0.15) is 0 Å². The van der Waals surface area contributed by atoms with Crippen LogP contribution in [-0.4, -0.2) is 44.5 Å². The summed E-state index contributed by atoms with van der Waals surface area (Å²) in [6, 6.07) is 36.7. The number of nitrogens with one attached hydrogen (secondary N) is 1. The molecule has 0 saturated heterocycles. The molecule has 4 aromatic rings. The van der Waals surface area contributed by atoms with Gasteiger partial charge in [0, 0.05) is 12.6 Å². The first-order valence-electron chi connectivity index (χ1n) is 12.8. The molecule has 1 aliphatic heterocycles. The van der Waals surface area contributed by atoms with Crippen molar-refractivity contribution in [1.29, 1.82) is 0 Å². The second-order valence-corrected chi connectivity index (χ2v) is 11.3. The molecule has 38 heavy (non-hydrogen) atoms. The van der Waals surface area contributed by atoms with E-state index in [2.05, 4.69) is 21.8 Å². The van der Waals surface area contributed by atoms with Crippen molar-refractivity contribution in [2.75, 3.05) is 13.1 Å². The van der Waals surface area contributed by atoms with E-state index in [1.165, 1.54) is 5.56 Å². The van der Waals surface area contributed by atoms with Gasteiger partial charge < -0.3 is 10.6 Å². The molecule has 6 nitrogen and oxygen atoms in total. The highest BCUT2D eigenvalue weighted by Gasteiger charge is 2.30. The number of rotatable bonds is 10. The van der Waals surface area contributed by atoms with Crippen molar-refractivity contribution in [2.24, 2.45) is 10.7 Å². The fraction of sp³-hybridized carbons (Fsp3) is 0.194. The topological polar surface area (TPSA) is 87.8 Å². The van der Waals surface area contributed by atoms with E-state index in [0.29, 0.717) is 25.5 Å². The van der Waals surface area contributed by atoms with Crippen LogP contribution in [0, 0.1) is 0 Å². The van der Waals surface area contributed by atoms with Crippen LogP contribution in [0.1, 0.15) is 11.1 Å². The zero-order chi connectivity index (χ0) is 26.4. The predicted molar refractivity (Wildman–Crippen MR) is 153 cm³/mol. The number of benzene rings is 4. The van der Waals surface area contributed by atoms with Gasteiger partial charge in [0.2, 0.25) is 10.0 Å². The second-order valence-electron chi connectivity index (χ2n) is 9.59. The van der Waals surface area contributed by atoms with Crippen LogP contribution in [0.4, 0.5) is 0 Å². The molecule has 1 aliphatic rings. The highest BCUT2D eigenvalue weighted by atomic mass is 32.2. The van der Waals surface area contributed by atoms with Gasteiger partial charge in [-0.15, -0.1) is 0 Å². The third-order valence-corrected chi connectivity index (χ3v) is 8.39. The van der Waals surface area contributed by atoms with Gasteiger partial charge in [0.05, 0.1) is 17.5 Å². The Balaban J connectivity index is 1.36. The minimum atomic E-state index is -3.77. The monoisotopic (exact) mass is 524 g/mol. The Morgan fingerprint density at radius 1 is 0.789 bits per heavy atom. The summed E-state index contributed by atoms with van der Waals surface area (Å²) in [5.74, 6) is 0.454. The molecule has 4 aromatic carbocycles. The number of aliphatic imine (C=N–C) groups is 1. The maximum atomic E-state index is 13.5. The van der Waals surface area contributed by atoms with Gasteiger partial charge in [0.1, 0.15) is 0 Å². The molecule has 1 heterocycles. The number of hydrogen-bond donors (Lipinski definition) is 2. The molecule has 7 heteroatoms. The third-order valence-electron chi connectivity index (χ3n) is 6.85. The largest absolute Gasteiger partial charge is 0.370 e. The van der Waals surface area contributed by atoms with Crippen LogP contribution in [-0.2, 0) is 22.9 Å². The van der Waals surface area contributed by atoms with Crippen molar-refractivity contribution < 1.29 is 8.42 Å². The van der Waals surface area contributed by atoms with Crippen molar-refractivity contribution in [2.45, 2.75) is 29.8 Å². The Bertz CT molecular complexity index is 1460. The third kappa shape index (κ3) is 6.30. The van der Waals surface area contributed by atoms with Crippen LogP contribution in [0.2, 0.25) is 0 Å². The fourth-order valence-corrected chi connectivity index (χ4v) is 6.13. The Kier molecular flexibility index (Phi) is 7.86. The summed E-state index contributed by atoms with van der Waals surface area (Å²) in [6.45, 7) is 1.01. The average Bonchev–Trinajstić information content (AvgIpc) is 3.28. The Morgan fingerprint density at radius 2 is 1.34 bits per heavy atom. The standard InChI is InChI=1S/C31H32N4O2S/c32-31-33-22-29(21-25-12-6-2-7-13-25)35(31)23-28(20-24-10-4-1-5-11-24)34-38(36,37)30-18-16-27(17-19-30)26-14-8-3-9-15-26/h1-19,28-29,34H,20-23H2,(H2,32,33)/t28-,29-/m0/s1. The summed E-state index contributed by atoms with van der Waals surface area (Å²) in [6.07, 6.45) is 1.32. The summed E-state index contributed by atoms with van der Waals surface area (Å²) in [5, 5.41) is 0. The van der Waals surface area contributed by atoms with Crippen molar-refractivity contribution in [3.05, 3.63) is 126 Å². The molecular weight excluding hydrogens is 492 g/mol. The van der Waals surface area contributed by atoms with Gasteiger partial charge in [0.15, 0.2) is 5.96 Å². The van der Waals surface area contributed by atoms with E-state index in [9.17, 15) is 8.42 Å². The van der Waals surface area contributed by atoms with E-state index in [1.54, 1.807) is 12.1 Å². The fourth-order valence-electron chi connectivity index (χ4n) is 4.90. The zero-order valence-corrected chi connectivity index (χ0v) is 22.0. The van der Waals surface area contributed by atoms with Gasteiger partial charge >= 0.3 is 0 Å². The molecule has 0 aliphatic carbocycles. The van der Waals surface area contributed by atoms with E-state index in [4.69, 9.17) is 5.73 Å². The number of sulfonamides is 1. The summed E-state index contributed by atoms with van der Waals surface area (Å²) in [4.78, 5) is 6.77. The van der Waals surface area contributed by atoms with Gasteiger partial charge in [-0.1, -0.05) is 103 Å². The van der Waals surface area contributed by atoms with Gasteiger partial charge in [-0.25, -0.2) is 13.1 Å². The smallest absolute Gasteiger partial charge is 0.240 e. The van der Waals surface area contributed by atoms with E-state index >= 15 is 0 Å². The van der Waals surface area contributed by atoms with Crippen molar-refractivity contribution in [3.8, 4) is 11.1 Å². The maximum Gasteiger partial charge on any atom is 0.240 e. The summed E-state index contributed by atoms with van der Waals surface area (Å²) < 4.78 is 30.0. The lowest BCUT2D eigenvalue weighted by Crippen LogP contribution is -2.51. The normalized spacial score (nSPS) is 16.3. The van der Waals surface area contributed by atoms with Gasteiger partial charge in [-0.05, 0) is 47.2 Å². The molecular formula is C31H32N4O2S. The first kappa shape index (κ1) is 25.7. The lowest BCUT2D eigenvalue weighted by atomic mass is 10.0. The average molecular weight is 525 g/mol. The summed E-state index contributed by atoms with van der Waals surface area (Å²) in [7, 11) is -3.77. The molecule has 194 valence electrons.